The molecule has 3 aliphatic rings. The van der Waals surface area contributed by atoms with Crippen LogP contribution in [0, 0.1) is 17.8 Å². The van der Waals surface area contributed by atoms with Crippen LogP contribution < -0.4 is 15.4 Å². The molecule has 2 aromatic heterocycles. The first kappa shape index (κ1) is 42.5. The van der Waals surface area contributed by atoms with Gasteiger partial charge in [0.25, 0.3) is 0 Å². The first-order valence-corrected chi connectivity index (χ1v) is 21.4. The van der Waals surface area contributed by atoms with Gasteiger partial charge in [0.2, 0.25) is 11.8 Å². The molecule has 3 aromatic carbocycles. The second-order valence-corrected chi connectivity index (χ2v) is 17.5. The normalized spacial score (nSPS) is 20.5. The number of hydrogen-bond acceptors (Lipinski definition) is 10. The summed E-state index contributed by atoms with van der Waals surface area (Å²) in [5.74, 6) is 1.60. The van der Waals surface area contributed by atoms with Gasteiger partial charge in [0.15, 0.2) is 0 Å². The molecule has 8 rings (SSSR count). The van der Waals surface area contributed by atoms with Crippen LogP contribution in [0.15, 0.2) is 48.7 Å². The fraction of sp³-hybridized carbons (Fsp3) is 0.478. The zero-order chi connectivity index (χ0) is 44.0. The molecule has 4 amide bonds. The van der Waals surface area contributed by atoms with Crippen molar-refractivity contribution in [3.05, 3.63) is 65.9 Å². The molecule has 2 fully saturated rings. The molecule has 328 valence electrons. The molecule has 16 heteroatoms. The van der Waals surface area contributed by atoms with Crippen LogP contribution >= 0.6 is 0 Å². The molecule has 0 spiro atoms. The summed E-state index contributed by atoms with van der Waals surface area (Å²) in [5.41, 5.74) is 6.51. The summed E-state index contributed by atoms with van der Waals surface area (Å²) in [6.45, 7) is 11.0. The fourth-order valence-electron chi connectivity index (χ4n) is 9.43. The van der Waals surface area contributed by atoms with Gasteiger partial charge >= 0.3 is 12.2 Å². The van der Waals surface area contributed by atoms with Gasteiger partial charge in [-0.15, -0.1) is 0 Å². The number of imidazole rings is 2. The maximum absolute atomic E-state index is 14.1. The lowest BCUT2D eigenvalue weighted by Gasteiger charge is -2.32. The molecular formula is C46H56N8O8. The van der Waals surface area contributed by atoms with E-state index in [-0.39, 0.29) is 47.7 Å². The number of aromatic nitrogens is 4. The lowest BCUT2D eigenvalue weighted by Crippen LogP contribution is -2.52. The van der Waals surface area contributed by atoms with E-state index in [0.717, 1.165) is 68.3 Å². The van der Waals surface area contributed by atoms with E-state index >= 15 is 0 Å². The summed E-state index contributed by atoms with van der Waals surface area (Å²) in [5, 5.41) is 7.42. The summed E-state index contributed by atoms with van der Waals surface area (Å²) in [6.07, 6.45) is 2.75. The number of methoxy groups -OCH3 is 3. The van der Waals surface area contributed by atoms with E-state index in [1.54, 1.807) is 7.11 Å². The fourth-order valence-corrected chi connectivity index (χ4v) is 9.43. The molecule has 2 saturated heterocycles. The number of nitrogens with zero attached hydrogens (tertiary/aromatic N) is 4. The molecule has 0 radical (unpaired) electrons. The van der Waals surface area contributed by atoms with Crippen molar-refractivity contribution in [3.8, 4) is 28.1 Å². The number of amides is 4. The van der Waals surface area contributed by atoms with Crippen molar-refractivity contribution in [2.45, 2.75) is 90.7 Å². The number of carbonyl (C=O) groups is 4. The molecule has 0 aliphatic carbocycles. The Labute approximate surface area is 360 Å². The maximum atomic E-state index is 14.1. The average Bonchev–Trinajstić information content (AvgIpc) is 4.09. The summed E-state index contributed by atoms with van der Waals surface area (Å²) >= 11 is 0. The number of H-pyrrole nitrogens is 2. The van der Waals surface area contributed by atoms with E-state index < -0.39 is 24.3 Å². The number of aromatic amines is 2. The van der Waals surface area contributed by atoms with E-state index in [1.807, 2.05) is 56.7 Å². The predicted octanol–water partition coefficient (Wildman–Crippen LogP) is 7.01. The summed E-state index contributed by atoms with van der Waals surface area (Å²) in [6, 6.07) is 12.5. The number of alkyl carbamates (subject to hydrolysis) is 2. The molecule has 16 nitrogen and oxygen atoms in total. The van der Waals surface area contributed by atoms with Crippen LogP contribution in [0.3, 0.4) is 0 Å². The number of benzene rings is 3. The zero-order valence-electron chi connectivity index (χ0n) is 36.5. The Bertz CT molecular complexity index is 2510. The minimum absolute atomic E-state index is 0.0202. The highest BCUT2D eigenvalue weighted by Crippen LogP contribution is 2.44. The molecule has 0 bridgehead atoms. The maximum Gasteiger partial charge on any atom is 0.407 e. The third-order valence-corrected chi connectivity index (χ3v) is 12.7. The molecule has 62 heavy (non-hydrogen) atoms. The van der Waals surface area contributed by atoms with Crippen LogP contribution in [-0.4, -0.2) is 106 Å². The Morgan fingerprint density at radius 2 is 1.58 bits per heavy atom. The van der Waals surface area contributed by atoms with Gasteiger partial charge in [-0.3, -0.25) is 9.59 Å². The Morgan fingerprint density at radius 1 is 0.855 bits per heavy atom. The average molecular weight is 849 g/mol. The van der Waals surface area contributed by atoms with Gasteiger partial charge < -0.3 is 49.3 Å². The largest absolute Gasteiger partial charge is 0.488 e. The van der Waals surface area contributed by atoms with Gasteiger partial charge in [0.05, 0.1) is 55.8 Å². The lowest BCUT2D eigenvalue weighted by atomic mass is 9.92. The van der Waals surface area contributed by atoms with Gasteiger partial charge in [-0.1, -0.05) is 45.9 Å². The van der Waals surface area contributed by atoms with E-state index in [4.69, 9.17) is 28.9 Å². The number of nitrogens with one attached hydrogen (secondary N) is 4. The third kappa shape index (κ3) is 7.91. The van der Waals surface area contributed by atoms with Gasteiger partial charge in [0.1, 0.15) is 36.1 Å². The lowest BCUT2D eigenvalue weighted by molar-refractivity contribution is -0.137. The zero-order valence-corrected chi connectivity index (χ0v) is 36.5. The highest BCUT2D eigenvalue weighted by atomic mass is 16.5. The van der Waals surface area contributed by atoms with E-state index in [0.29, 0.717) is 37.8 Å². The monoisotopic (exact) mass is 848 g/mol. The van der Waals surface area contributed by atoms with Crippen LogP contribution in [0.25, 0.3) is 44.2 Å². The van der Waals surface area contributed by atoms with Crippen LogP contribution in [0.4, 0.5) is 9.59 Å². The Balaban J connectivity index is 1.05. The Hall–Kier alpha value is -6.16. The van der Waals surface area contributed by atoms with Crippen LogP contribution in [0.1, 0.15) is 83.2 Å². The summed E-state index contributed by atoms with van der Waals surface area (Å²) in [7, 11) is 4.24. The number of carbonyl (C=O) groups excluding carboxylic acids is 4. The molecule has 5 heterocycles. The highest BCUT2D eigenvalue weighted by molar-refractivity contribution is 6.07. The number of rotatable bonds is 11. The van der Waals surface area contributed by atoms with Gasteiger partial charge in [-0.2, -0.15) is 0 Å². The smallest absolute Gasteiger partial charge is 0.407 e. The molecule has 4 N–H and O–H groups in total. The third-order valence-electron chi connectivity index (χ3n) is 12.7. The minimum atomic E-state index is -0.762. The molecule has 1 unspecified atom stereocenters. The second kappa shape index (κ2) is 17.3. The van der Waals surface area contributed by atoms with Gasteiger partial charge in [-0.25, -0.2) is 19.6 Å². The topological polar surface area (TPSA) is 193 Å². The van der Waals surface area contributed by atoms with E-state index in [2.05, 4.69) is 57.0 Å². The second-order valence-electron chi connectivity index (χ2n) is 17.5. The predicted molar refractivity (Wildman–Crippen MR) is 232 cm³/mol. The molecule has 0 saturated carbocycles. The number of likely N-dealkylation sites (tertiary alicyclic amines) is 2. The van der Waals surface area contributed by atoms with Crippen molar-refractivity contribution in [1.82, 2.24) is 40.4 Å². The first-order valence-electron chi connectivity index (χ1n) is 21.4. The van der Waals surface area contributed by atoms with Crippen LogP contribution in [0.2, 0.25) is 0 Å². The highest BCUT2D eigenvalue weighted by Gasteiger charge is 2.43. The van der Waals surface area contributed by atoms with Crippen molar-refractivity contribution in [3.63, 3.8) is 0 Å². The Kier molecular flexibility index (Phi) is 11.9. The summed E-state index contributed by atoms with van der Waals surface area (Å²) in [4.78, 5) is 72.8. The van der Waals surface area contributed by atoms with E-state index in [9.17, 15) is 19.2 Å². The first-order chi connectivity index (χ1) is 29.8. The van der Waals surface area contributed by atoms with E-state index in [1.165, 1.54) is 14.2 Å². The Morgan fingerprint density at radius 3 is 2.27 bits per heavy atom. The minimum Gasteiger partial charge on any atom is -0.488 e. The quantitative estimate of drug-likeness (QED) is 0.107. The molecule has 3 aliphatic heterocycles. The van der Waals surface area contributed by atoms with Gasteiger partial charge in [-0.05, 0) is 84.4 Å². The van der Waals surface area contributed by atoms with Crippen molar-refractivity contribution >= 4 is 45.8 Å². The van der Waals surface area contributed by atoms with Crippen molar-refractivity contribution in [2.75, 3.05) is 34.5 Å². The van der Waals surface area contributed by atoms with Gasteiger partial charge in [0, 0.05) is 36.6 Å². The number of fused-ring (bicyclic) bond motifs is 6. The summed E-state index contributed by atoms with van der Waals surface area (Å²) < 4.78 is 21.6. The van der Waals surface area contributed by atoms with Crippen molar-refractivity contribution in [1.29, 1.82) is 0 Å². The molecular weight excluding hydrogens is 793 g/mol. The molecule has 5 aromatic rings. The standard InChI is InChI=1S/C46H56N8O8/c1-23(2)38(51-45(57)60-7)43(55)53-20-26(21-59-6)15-36(53)42-48-33-13-11-27-17-32-30-12-10-28(16-29(30)22-62-37(32)18-31(27)40(33)50-42)34-19-47-41(49-34)35-14-9-25(5)54(35)44(56)39(24(3)4)52-46(58)61-8/h10-13,16-19,23-26,35-36,38-39H,9,14-15,20-22H2,1-8H3,(H,47,49)(H,48,50)(H,51,57)(H,52,58)/t25-,26?,35-,36-,38-,39-/m0/s1. The molecule has 6 atom stereocenters. The number of ether oxygens (including phenoxy) is 4. The number of hydrogen-bond donors (Lipinski definition) is 4. The van der Waals surface area contributed by atoms with Crippen molar-refractivity contribution in [2.24, 2.45) is 17.8 Å². The van der Waals surface area contributed by atoms with Crippen LogP contribution in [0.5, 0.6) is 5.75 Å². The van der Waals surface area contributed by atoms with Crippen LogP contribution in [-0.2, 0) is 30.4 Å². The SMILES string of the molecule is COCC1C[C@@H](c2nc3ccc4cc5c(cc4c3[nH]2)OCc2cc(-c3cnc([C@@H]4CC[C@H](C)N4C(=O)[C@@H](NC(=O)OC)C(C)C)[nH]3)ccc2-5)N(C(=O)[C@@H](NC(=O)OC)C(C)C)C1. The van der Waals surface area contributed by atoms with Crippen molar-refractivity contribution < 1.29 is 38.1 Å².